The second kappa shape index (κ2) is 10.7. The van der Waals surface area contributed by atoms with Gasteiger partial charge in [0.2, 0.25) is 0 Å². The number of hydrogen-bond acceptors (Lipinski definition) is 2. The first-order valence-electron chi connectivity index (χ1n) is 16.0. The molecule has 2 unspecified atom stereocenters. The maximum atomic E-state index is 3.65. The highest BCUT2D eigenvalue weighted by Gasteiger charge is 2.23. The van der Waals surface area contributed by atoms with Crippen molar-refractivity contribution in [3.05, 3.63) is 169 Å². The summed E-state index contributed by atoms with van der Waals surface area (Å²) in [6.45, 7) is 2.18. The minimum Gasteiger partial charge on any atom is -0.382 e. The largest absolute Gasteiger partial charge is 0.382 e. The fourth-order valence-corrected chi connectivity index (χ4v) is 7.37. The molecule has 0 spiro atoms. The zero-order valence-corrected chi connectivity index (χ0v) is 25.6. The quantitative estimate of drug-likeness (QED) is 0.213. The molecule has 7 aromatic rings. The van der Waals surface area contributed by atoms with Gasteiger partial charge in [-0.15, -0.1) is 0 Å². The first-order chi connectivity index (χ1) is 22.7. The summed E-state index contributed by atoms with van der Waals surface area (Å²) in [6, 6.07) is 44.9. The lowest BCUT2D eigenvalue weighted by atomic mass is 9.94. The summed E-state index contributed by atoms with van der Waals surface area (Å²) in [5, 5.41) is 14.7. The maximum absolute atomic E-state index is 3.65. The maximum Gasteiger partial charge on any atom is 0.0706 e. The second-order valence-electron chi connectivity index (χ2n) is 12.4. The number of dihydropyridines is 2. The molecule has 3 nitrogen and oxygen atoms in total. The van der Waals surface area contributed by atoms with E-state index in [9.17, 15) is 0 Å². The zero-order valence-electron chi connectivity index (χ0n) is 25.6. The van der Waals surface area contributed by atoms with E-state index in [1.807, 2.05) is 6.20 Å². The van der Waals surface area contributed by atoms with Crippen molar-refractivity contribution in [2.45, 2.75) is 19.0 Å². The van der Waals surface area contributed by atoms with Gasteiger partial charge < -0.3 is 15.2 Å². The predicted octanol–water partition coefficient (Wildman–Crippen LogP) is 10.1. The van der Waals surface area contributed by atoms with Crippen molar-refractivity contribution in [1.29, 1.82) is 0 Å². The van der Waals surface area contributed by atoms with E-state index < -0.39 is 0 Å². The lowest BCUT2D eigenvalue weighted by Crippen LogP contribution is -2.45. The van der Waals surface area contributed by atoms with E-state index in [2.05, 4.69) is 174 Å². The van der Waals surface area contributed by atoms with Crippen molar-refractivity contribution in [1.82, 2.24) is 15.2 Å². The summed E-state index contributed by atoms with van der Waals surface area (Å²) in [7, 11) is 0. The summed E-state index contributed by atoms with van der Waals surface area (Å²) < 4.78 is 2.45. The zero-order chi connectivity index (χ0) is 30.6. The van der Waals surface area contributed by atoms with Crippen molar-refractivity contribution >= 4 is 48.9 Å². The lowest BCUT2D eigenvalue weighted by Gasteiger charge is -2.30. The summed E-state index contributed by atoms with van der Waals surface area (Å²) in [5.41, 5.74) is 9.81. The Balaban J connectivity index is 1.19. The first kappa shape index (κ1) is 26.6. The molecule has 0 saturated carbocycles. The molecule has 0 radical (unpaired) electrons. The minimum atomic E-state index is 0.203. The van der Waals surface area contributed by atoms with Crippen molar-refractivity contribution < 1.29 is 0 Å². The van der Waals surface area contributed by atoms with Crippen LogP contribution in [-0.2, 0) is 0 Å². The van der Waals surface area contributed by atoms with Gasteiger partial charge >= 0.3 is 0 Å². The number of hydrogen-bond donors (Lipinski definition) is 2. The summed E-state index contributed by atoms with van der Waals surface area (Å²) >= 11 is 0. The Labute approximate surface area is 268 Å². The van der Waals surface area contributed by atoms with Gasteiger partial charge in [0.15, 0.2) is 0 Å². The molecular formula is C43H33N3. The van der Waals surface area contributed by atoms with Crippen LogP contribution in [0.5, 0.6) is 0 Å². The van der Waals surface area contributed by atoms with Gasteiger partial charge in [0.1, 0.15) is 0 Å². The van der Waals surface area contributed by atoms with E-state index in [1.54, 1.807) is 0 Å². The van der Waals surface area contributed by atoms with Crippen LogP contribution in [0.1, 0.15) is 12.5 Å². The third kappa shape index (κ3) is 4.28. The van der Waals surface area contributed by atoms with E-state index >= 15 is 0 Å². The van der Waals surface area contributed by atoms with Gasteiger partial charge in [-0.05, 0) is 87.5 Å². The highest BCUT2D eigenvalue weighted by atomic mass is 15.0. The molecule has 46 heavy (non-hydrogen) atoms. The summed E-state index contributed by atoms with van der Waals surface area (Å²) in [5.74, 6) is 0. The molecule has 2 aliphatic rings. The molecule has 2 atom stereocenters. The van der Waals surface area contributed by atoms with Crippen LogP contribution in [0, 0.1) is 0 Å². The fourth-order valence-electron chi connectivity index (χ4n) is 7.37. The van der Waals surface area contributed by atoms with Crippen LogP contribution in [0.4, 0.5) is 0 Å². The average Bonchev–Trinajstić information content (AvgIpc) is 3.46. The van der Waals surface area contributed by atoms with E-state index in [-0.39, 0.29) is 12.1 Å². The van der Waals surface area contributed by atoms with Crippen LogP contribution in [0.2, 0.25) is 0 Å². The van der Waals surface area contributed by atoms with Gasteiger partial charge in [0.05, 0.1) is 23.1 Å². The first-order valence-corrected chi connectivity index (χ1v) is 16.0. The topological polar surface area (TPSA) is 29.0 Å². The number of para-hydroxylation sites is 1. The van der Waals surface area contributed by atoms with Crippen LogP contribution in [0.25, 0.3) is 65.7 Å². The summed E-state index contributed by atoms with van der Waals surface area (Å²) in [6.07, 6.45) is 13.0. The minimum absolute atomic E-state index is 0.203. The number of nitrogens with zero attached hydrogens (tertiary/aromatic N) is 1. The summed E-state index contributed by atoms with van der Waals surface area (Å²) in [4.78, 5) is 0. The van der Waals surface area contributed by atoms with E-state index in [0.717, 1.165) is 5.69 Å². The molecule has 1 aromatic heterocycles. The van der Waals surface area contributed by atoms with Crippen molar-refractivity contribution in [2.75, 3.05) is 0 Å². The highest BCUT2D eigenvalue weighted by Crippen LogP contribution is 2.39. The number of benzene rings is 6. The fraction of sp³-hybridized carbons (Fsp3) is 0.0698. The van der Waals surface area contributed by atoms with Crippen molar-refractivity contribution in [3.8, 4) is 16.8 Å². The molecule has 9 rings (SSSR count). The van der Waals surface area contributed by atoms with Crippen molar-refractivity contribution in [3.63, 3.8) is 0 Å². The Bertz CT molecular complexity index is 2430. The van der Waals surface area contributed by atoms with Gasteiger partial charge in [-0.1, -0.05) is 115 Å². The van der Waals surface area contributed by atoms with Gasteiger partial charge in [0.25, 0.3) is 0 Å². The molecule has 220 valence electrons. The Kier molecular flexibility index (Phi) is 6.17. The Hall–Kier alpha value is -5.80. The standard InChI is InChI=1S/C43H33N3/c1-28-9-8-24-44-42(28)40-23-19-33(27-45-40)30-16-21-38-39-22-18-32-25-31(36-15-7-11-29-10-5-6-14-35(29)36)17-20-37(32)43(39)46(41(38)26-30)34-12-3-2-4-13-34/h2-27,40,42,44-45H,1H3. The average molecular weight is 592 g/mol. The predicted molar refractivity (Wildman–Crippen MR) is 195 cm³/mol. The molecule has 0 saturated heterocycles. The normalized spacial score (nSPS) is 17.7. The Morgan fingerprint density at radius 2 is 1.43 bits per heavy atom. The van der Waals surface area contributed by atoms with Crippen LogP contribution in [0.15, 0.2) is 164 Å². The number of allylic oxidation sites excluding steroid dienone is 4. The number of nitrogens with one attached hydrogen (secondary N) is 2. The smallest absolute Gasteiger partial charge is 0.0706 e. The molecular weight excluding hydrogens is 558 g/mol. The van der Waals surface area contributed by atoms with Crippen LogP contribution < -0.4 is 10.6 Å². The number of aromatic nitrogens is 1. The number of rotatable bonds is 4. The molecule has 0 amide bonds. The van der Waals surface area contributed by atoms with E-state index in [0.29, 0.717) is 0 Å². The molecule has 6 aromatic carbocycles. The second-order valence-corrected chi connectivity index (χ2v) is 12.4. The third-order valence-corrected chi connectivity index (χ3v) is 9.69. The monoisotopic (exact) mass is 591 g/mol. The van der Waals surface area contributed by atoms with Crippen molar-refractivity contribution in [2.24, 2.45) is 0 Å². The molecule has 2 aliphatic heterocycles. The SMILES string of the molecule is CC1=CC=CNC1C1C=CC(c2ccc3c4ccc5cc(-c6cccc7ccccc67)ccc5c4n(-c4ccccc4)c3c2)=CN1. The highest BCUT2D eigenvalue weighted by molar-refractivity contribution is 6.19. The number of fused-ring (bicyclic) bond motifs is 6. The van der Waals surface area contributed by atoms with Crippen LogP contribution in [0.3, 0.4) is 0 Å². The molecule has 0 bridgehead atoms. The van der Waals surface area contributed by atoms with E-state index in [1.165, 1.54) is 71.2 Å². The molecule has 3 heteroatoms. The molecule has 3 heterocycles. The Morgan fingerprint density at radius 1 is 0.630 bits per heavy atom. The van der Waals surface area contributed by atoms with Crippen LogP contribution >= 0.6 is 0 Å². The van der Waals surface area contributed by atoms with E-state index in [4.69, 9.17) is 0 Å². The third-order valence-electron chi connectivity index (χ3n) is 9.69. The van der Waals surface area contributed by atoms with Gasteiger partial charge in [-0.25, -0.2) is 0 Å². The van der Waals surface area contributed by atoms with Gasteiger partial charge in [-0.3, -0.25) is 0 Å². The molecule has 0 aliphatic carbocycles. The van der Waals surface area contributed by atoms with Gasteiger partial charge in [-0.2, -0.15) is 0 Å². The lowest BCUT2D eigenvalue weighted by molar-refractivity contribution is 0.537. The Morgan fingerprint density at radius 3 is 2.30 bits per heavy atom. The van der Waals surface area contributed by atoms with Crippen LogP contribution in [-0.4, -0.2) is 16.7 Å². The molecule has 0 fully saturated rings. The molecule has 2 N–H and O–H groups in total. The van der Waals surface area contributed by atoms with Gasteiger partial charge in [0, 0.05) is 28.0 Å².